The van der Waals surface area contributed by atoms with Crippen LogP contribution in [0, 0.1) is 0 Å². The van der Waals surface area contributed by atoms with Crippen LogP contribution in [0.1, 0.15) is 31.7 Å². The average molecular weight is 462 g/mol. The third-order valence-electron chi connectivity index (χ3n) is 5.15. The van der Waals surface area contributed by atoms with E-state index in [1.807, 2.05) is 30.0 Å². The lowest BCUT2D eigenvalue weighted by Crippen LogP contribution is -2.54. The summed E-state index contributed by atoms with van der Waals surface area (Å²) in [5.41, 5.74) is 2.41. The number of likely N-dealkylation sites (tertiary alicyclic amines) is 1. The molecule has 3 rings (SSSR count). The van der Waals surface area contributed by atoms with Gasteiger partial charge in [0, 0.05) is 31.7 Å². The highest BCUT2D eigenvalue weighted by atomic mass is 127. The fourth-order valence-corrected chi connectivity index (χ4v) is 4.64. The van der Waals surface area contributed by atoms with Gasteiger partial charge < -0.3 is 4.90 Å². The summed E-state index contributed by atoms with van der Waals surface area (Å²) >= 11 is 2.52. The van der Waals surface area contributed by atoms with Crippen molar-refractivity contribution in [3.63, 3.8) is 0 Å². The first kappa shape index (κ1) is 19.4. The molecule has 138 valence electrons. The van der Waals surface area contributed by atoms with Gasteiger partial charge in [0.2, 0.25) is 5.91 Å². The van der Waals surface area contributed by atoms with Gasteiger partial charge in [-0.3, -0.25) is 9.69 Å². The van der Waals surface area contributed by atoms with E-state index >= 15 is 0 Å². The van der Waals surface area contributed by atoms with Gasteiger partial charge in [-0.2, -0.15) is 0 Å². The zero-order valence-electron chi connectivity index (χ0n) is 15.4. The minimum atomic E-state index is -0.130. The van der Waals surface area contributed by atoms with Crippen LogP contribution >= 0.6 is 22.6 Å². The lowest BCUT2D eigenvalue weighted by Gasteiger charge is -2.45. The van der Waals surface area contributed by atoms with Crippen molar-refractivity contribution in [3.05, 3.63) is 66.2 Å². The van der Waals surface area contributed by atoms with Gasteiger partial charge in [-0.25, -0.2) is 0 Å². The molecule has 0 atom stereocenters. The zero-order chi connectivity index (χ0) is 18.4. The topological polar surface area (TPSA) is 23.6 Å². The molecule has 4 heteroatoms. The van der Waals surface area contributed by atoms with Crippen molar-refractivity contribution in [2.24, 2.45) is 0 Å². The average Bonchev–Trinajstić information content (AvgIpc) is 2.69. The van der Waals surface area contributed by atoms with E-state index in [0.29, 0.717) is 6.42 Å². The van der Waals surface area contributed by atoms with Crippen LogP contribution in [0.5, 0.6) is 0 Å². The molecule has 0 unspecified atom stereocenters. The fraction of sp³-hybridized carbons (Fsp3) is 0.409. The van der Waals surface area contributed by atoms with Gasteiger partial charge in [-0.05, 0) is 37.0 Å². The summed E-state index contributed by atoms with van der Waals surface area (Å²) in [6.45, 7) is 5.11. The summed E-state index contributed by atoms with van der Waals surface area (Å²) in [4.78, 5) is 17.3. The predicted molar refractivity (Wildman–Crippen MR) is 117 cm³/mol. The van der Waals surface area contributed by atoms with Crippen LogP contribution in [-0.2, 0) is 11.2 Å². The van der Waals surface area contributed by atoms with Crippen molar-refractivity contribution in [2.75, 3.05) is 24.5 Å². The highest BCUT2D eigenvalue weighted by molar-refractivity contribution is 14.1. The number of nitrogens with zero attached hydrogens (tertiary/aromatic N) is 2. The first-order valence-corrected chi connectivity index (χ1v) is 10.5. The maximum atomic E-state index is 12.7. The van der Waals surface area contributed by atoms with Crippen molar-refractivity contribution in [1.29, 1.82) is 0 Å². The number of para-hydroxylation sites is 1. The number of halogens is 1. The second kappa shape index (κ2) is 9.00. The molecule has 1 fully saturated rings. The smallest absolute Gasteiger partial charge is 0.227 e. The van der Waals surface area contributed by atoms with Gasteiger partial charge in [0.25, 0.3) is 0 Å². The summed E-state index contributed by atoms with van der Waals surface area (Å²) in [6.07, 6.45) is 3.63. The Bertz CT molecular complexity index is 697. The standard InChI is InChI=1S/C22H27IN2O/c1-2-21(26)25(20-11-7-4-8-12-20)22(23)14-17-24(18-15-22)16-13-19-9-5-3-6-10-19/h3-12H,2,13-18H2,1H3. The lowest BCUT2D eigenvalue weighted by atomic mass is 10.0. The van der Waals surface area contributed by atoms with Crippen molar-refractivity contribution in [3.8, 4) is 0 Å². The largest absolute Gasteiger partial charge is 0.303 e. The van der Waals surface area contributed by atoms with E-state index in [1.165, 1.54) is 5.56 Å². The summed E-state index contributed by atoms with van der Waals surface area (Å²) in [5, 5.41) is 0. The number of hydrogen-bond acceptors (Lipinski definition) is 2. The second-order valence-electron chi connectivity index (χ2n) is 6.91. The molecule has 0 aromatic heterocycles. The van der Waals surface area contributed by atoms with Gasteiger partial charge in [0.1, 0.15) is 3.55 Å². The summed E-state index contributed by atoms with van der Waals surface area (Å²) < 4.78 is -0.130. The van der Waals surface area contributed by atoms with E-state index in [4.69, 9.17) is 0 Å². The summed E-state index contributed by atoms with van der Waals surface area (Å²) in [7, 11) is 0. The van der Waals surface area contributed by atoms with Crippen LogP contribution in [0.4, 0.5) is 5.69 Å². The molecule has 0 bridgehead atoms. The maximum Gasteiger partial charge on any atom is 0.227 e. The molecule has 0 aliphatic carbocycles. The predicted octanol–water partition coefficient (Wildman–Crippen LogP) is 4.90. The zero-order valence-corrected chi connectivity index (χ0v) is 17.6. The number of hydrogen-bond donors (Lipinski definition) is 0. The van der Waals surface area contributed by atoms with Crippen LogP contribution in [0.15, 0.2) is 60.7 Å². The van der Waals surface area contributed by atoms with E-state index < -0.39 is 0 Å². The van der Waals surface area contributed by atoms with E-state index in [9.17, 15) is 4.79 Å². The highest BCUT2D eigenvalue weighted by Crippen LogP contribution is 2.39. The first-order valence-electron chi connectivity index (χ1n) is 9.46. The first-order chi connectivity index (χ1) is 12.6. The third kappa shape index (κ3) is 4.65. The Labute approximate surface area is 170 Å². The molecule has 1 aliphatic rings. The van der Waals surface area contributed by atoms with E-state index in [1.54, 1.807) is 0 Å². The number of piperidine rings is 1. The normalized spacial score (nSPS) is 17.0. The van der Waals surface area contributed by atoms with Crippen LogP contribution < -0.4 is 4.90 Å². The molecule has 1 saturated heterocycles. The fourth-order valence-electron chi connectivity index (χ4n) is 3.61. The van der Waals surface area contributed by atoms with Crippen molar-refractivity contribution < 1.29 is 4.79 Å². The van der Waals surface area contributed by atoms with Crippen molar-refractivity contribution in [1.82, 2.24) is 4.90 Å². The number of carbonyl (C=O) groups excluding carboxylic acids is 1. The summed E-state index contributed by atoms with van der Waals surface area (Å²) in [5.74, 6) is 0.211. The van der Waals surface area contributed by atoms with Crippen molar-refractivity contribution in [2.45, 2.75) is 36.2 Å². The maximum absolute atomic E-state index is 12.7. The molecular formula is C22H27IN2O. The number of rotatable bonds is 6. The molecule has 0 spiro atoms. The van der Waals surface area contributed by atoms with Gasteiger partial charge >= 0.3 is 0 Å². The van der Waals surface area contributed by atoms with Crippen LogP contribution in [0.3, 0.4) is 0 Å². The molecular weight excluding hydrogens is 435 g/mol. The molecule has 1 aliphatic heterocycles. The van der Waals surface area contributed by atoms with Crippen LogP contribution in [0.25, 0.3) is 0 Å². The Kier molecular flexibility index (Phi) is 6.70. The van der Waals surface area contributed by atoms with Crippen molar-refractivity contribution >= 4 is 34.2 Å². The lowest BCUT2D eigenvalue weighted by molar-refractivity contribution is -0.119. The molecule has 0 N–H and O–H groups in total. The molecule has 1 amide bonds. The minimum Gasteiger partial charge on any atom is -0.303 e. The van der Waals surface area contributed by atoms with Crippen LogP contribution in [0.2, 0.25) is 0 Å². The molecule has 0 saturated carbocycles. The van der Waals surface area contributed by atoms with Gasteiger partial charge in [0.05, 0.1) is 0 Å². The second-order valence-corrected chi connectivity index (χ2v) is 8.92. The van der Waals surface area contributed by atoms with Crippen LogP contribution in [-0.4, -0.2) is 34.0 Å². The number of anilines is 1. The minimum absolute atomic E-state index is 0.130. The SMILES string of the molecule is CCC(=O)N(c1ccccc1)C1(I)CCN(CCc2ccccc2)CC1. The molecule has 2 aromatic carbocycles. The molecule has 26 heavy (non-hydrogen) atoms. The summed E-state index contributed by atoms with van der Waals surface area (Å²) in [6, 6.07) is 20.8. The Balaban J connectivity index is 1.64. The number of amides is 1. The number of benzene rings is 2. The van der Waals surface area contributed by atoms with E-state index in [0.717, 1.165) is 44.6 Å². The molecule has 0 radical (unpaired) electrons. The monoisotopic (exact) mass is 462 g/mol. The number of carbonyl (C=O) groups is 1. The molecule has 3 nitrogen and oxygen atoms in total. The highest BCUT2D eigenvalue weighted by Gasteiger charge is 2.40. The number of alkyl halides is 1. The van der Waals surface area contributed by atoms with Gasteiger partial charge in [-0.15, -0.1) is 0 Å². The van der Waals surface area contributed by atoms with Gasteiger partial charge in [0.15, 0.2) is 0 Å². The molecule has 2 aromatic rings. The third-order valence-corrected chi connectivity index (χ3v) is 6.71. The Morgan fingerprint density at radius 3 is 2.19 bits per heavy atom. The Hall–Kier alpha value is -1.40. The van der Waals surface area contributed by atoms with Gasteiger partial charge in [-0.1, -0.05) is 78.0 Å². The Morgan fingerprint density at radius 2 is 1.62 bits per heavy atom. The van der Waals surface area contributed by atoms with E-state index in [-0.39, 0.29) is 9.45 Å². The van der Waals surface area contributed by atoms with E-state index in [2.05, 4.69) is 70.0 Å². The Morgan fingerprint density at radius 1 is 1.04 bits per heavy atom. The molecule has 1 heterocycles. The quantitative estimate of drug-likeness (QED) is 0.347.